The fourth-order valence-electron chi connectivity index (χ4n) is 4.37. The van der Waals surface area contributed by atoms with Crippen molar-refractivity contribution in [3.63, 3.8) is 0 Å². The predicted molar refractivity (Wildman–Crippen MR) is 126 cm³/mol. The molecule has 160 valence electrons. The molecule has 0 spiro atoms. The Bertz CT molecular complexity index is 1140. The molecule has 0 bridgehead atoms. The van der Waals surface area contributed by atoms with Crippen LogP contribution in [0.5, 0.6) is 0 Å². The molecule has 0 saturated heterocycles. The fourth-order valence-corrected chi connectivity index (χ4v) is 4.37. The molecule has 0 radical (unpaired) electrons. The Kier molecular flexibility index (Phi) is 5.57. The van der Waals surface area contributed by atoms with Crippen LogP contribution in [-0.4, -0.2) is 29.3 Å². The second-order valence-electron chi connectivity index (χ2n) is 8.26. The first-order valence-corrected chi connectivity index (χ1v) is 10.9. The topological polar surface area (TPSA) is 61.4 Å². The van der Waals surface area contributed by atoms with Gasteiger partial charge in [0.15, 0.2) is 5.78 Å². The van der Waals surface area contributed by atoms with Crippen LogP contribution in [0.1, 0.15) is 33.5 Å². The van der Waals surface area contributed by atoms with Gasteiger partial charge in [0.1, 0.15) is 0 Å². The van der Waals surface area contributed by atoms with Gasteiger partial charge in [-0.15, -0.1) is 0 Å². The molecule has 2 aliphatic rings. The third-order valence-electron chi connectivity index (χ3n) is 6.15. The van der Waals surface area contributed by atoms with Gasteiger partial charge in [0.25, 0.3) is 0 Å². The number of nitrogens with zero attached hydrogens (tertiary/aromatic N) is 1. The normalized spacial score (nSPS) is 17.4. The van der Waals surface area contributed by atoms with E-state index in [0.717, 1.165) is 22.4 Å². The van der Waals surface area contributed by atoms with Crippen LogP contribution in [0.15, 0.2) is 84.9 Å². The number of urea groups is 1. The maximum Gasteiger partial charge on any atom is 0.322 e. The molecule has 32 heavy (non-hydrogen) atoms. The summed E-state index contributed by atoms with van der Waals surface area (Å²) in [6, 6.07) is 25.1. The van der Waals surface area contributed by atoms with E-state index in [9.17, 15) is 9.59 Å². The lowest BCUT2D eigenvalue weighted by molar-refractivity contribution is 0.0945. The van der Waals surface area contributed by atoms with Gasteiger partial charge in [0.05, 0.1) is 6.04 Å². The number of fused-ring (bicyclic) bond motifs is 1. The largest absolute Gasteiger partial charge is 0.322 e. The van der Waals surface area contributed by atoms with Crippen molar-refractivity contribution in [2.24, 2.45) is 0 Å². The molecular weight excluding hydrogens is 398 g/mol. The third kappa shape index (κ3) is 4.20. The van der Waals surface area contributed by atoms with Crippen molar-refractivity contribution in [3.05, 3.63) is 107 Å². The van der Waals surface area contributed by atoms with Crippen molar-refractivity contribution in [1.29, 1.82) is 0 Å². The zero-order chi connectivity index (χ0) is 21.9. The van der Waals surface area contributed by atoms with E-state index in [1.807, 2.05) is 71.6 Å². The molecule has 0 aromatic heterocycles. The lowest BCUT2D eigenvalue weighted by Crippen LogP contribution is -2.39. The van der Waals surface area contributed by atoms with Crippen molar-refractivity contribution >= 4 is 23.1 Å². The number of benzene rings is 3. The van der Waals surface area contributed by atoms with Crippen LogP contribution in [0.3, 0.4) is 0 Å². The van der Waals surface area contributed by atoms with Crippen molar-refractivity contribution in [2.45, 2.75) is 25.6 Å². The predicted octanol–water partition coefficient (Wildman–Crippen LogP) is 4.86. The molecule has 1 unspecified atom stereocenters. The summed E-state index contributed by atoms with van der Waals surface area (Å²) < 4.78 is 0. The molecule has 0 aliphatic carbocycles. The van der Waals surface area contributed by atoms with Gasteiger partial charge in [-0.1, -0.05) is 72.8 Å². The van der Waals surface area contributed by atoms with Crippen LogP contribution in [-0.2, 0) is 13.1 Å². The zero-order valence-electron chi connectivity index (χ0n) is 17.8. The summed E-state index contributed by atoms with van der Waals surface area (Å²) in [4.78, 5) is 27.3. The Morgan fingerprint density at radius 2 is 1.50 bits per heavy atom. The Labute approximate surface area is 187 Å². The van der Waals surface area contributed by atoms with Gasteiger partial charge < -0.3 is 15.5 Å². The summed E-state index contributed by atoms with van der Waals surface area (Å²) in [5.74, 6) is 0.117. The monoisotopic (exact) mass is 423 g/mol. The van der Waals surface area contributed by atoms with E-state index in [2.05, 4.69) is 28.8 Å². The molecule has 2 amide bonds. The van der Waals surface area contributed by atoms with Crippen LogP contribution in [0.2, 0.25) is 0 Å². The van der Waals surface area contributed by atoms with Gasteiger partial charge in [-0.3, -0.25) is 4.79 Å². The zero-order valence-corrected chi connectivity index (χ0v) is 17.8. The van der Waals surface area contributed by atoms with Gasteiger partial charge in [0, 0.05) is 30.9 Å². The number of amides is 2. The van der Waals surface area contributed by atoms with Crippen LogP contribution in [0, 0.1) is 0 Å². The highest BCUT2D eigenvalue weighted by Crippen LogP contribution is 2.26. The first kappa shape index (κ1) is 20.2. The molecular formula is C27H25N3O2. The van der Waals surface area contributed by atoms with E-state index in [0.29, 0.717) is 26.1 Å². The SMILES string of the molecule is O=C(c1ccccc1)C1CC(c2ccc(NC(=O)N3Cc4ccccc4C3)cc2)=CCN1. The minimum Gasteiger partial charge on any atom is -0.316 e. The molecule has 5 nitrogen and oxygen atoms in total. The summed E-state index contributed by atoms with van der Waals surface area (Å²) in [5, 5.41) is 6.30. The molecule has 5 heteroatoms. The highest BCUT2D eigenvalue weighted by atomic mass is 16.2. The summed E-state index contributed by atoms with van der Waals surface area (Å²) in [6.45, 7) is 1.93. The molecule has 0 saturated carbocycles. The summed E-state index contributed by atoms with van der Waals surface area (Å²) in [7, 11) is 0. The van der Waals surface area contributed by atoms with Crippen LogP contribution < -0.4 is 10.6 Å². The minimum absolute atomic E-state index is 0.0939. The van der Waals surface area contributed by atoms with Gasteiger partial charge in [-0.05, 0) is 40.8 Å². The number of ketones is 1. The number of hydrogen-bond acceptors (Lipinski definition) is 3. The third-order valence-corrected chi connectivity index (χ3v) is 6.15. The molecule has 3 aromatic carbocycles. The van der Waals surface area contributed by atoms with Crippen LogP contribution in [0.4, 0.5) is 10.5 Å². The Morgan fingerprint density at radius 3 is 2.19 bits per heavy atom. The first-order chi connectivity index (χ1) is 15.7. The number of nitrogens with one attached hydrogen (secondary N) is 2. The van der Waals surface area contributed by atoms with E-state index in [1.165, 1.54) is 11.1 Å². The average molecular weight is 424 g/mol. The molecule has 5 rings (SSSR count). The van der Waals surface area contributed by atoms with E-state index in [1.54, 1.807) is 0 Å². The standard InChI is InChI=1S/C27H25N3O2/c31-26(20-6-2-1-3-7-20)25-16-21(14-15-28-25)19-10-12-24(13-11-19)29-27(32)30-17-22-8-4-5-9-23(22)18-30/h1-14,25,28H,15-18H2,(H,29,32). The van der Waals surface area contributed by atoms with Crippen molar-refractivity contribution < 1.29 is 9.59 Å². The van der Waals surface area contributed by atoms with E-state index >= 15 is 0 Å². The number of rotatable bonds is 4. The second-order valence-corrected chi connectivity index (χ2v) is 8.26. The number of anilines is 1. The maximum absolute atomic E-state index is 12.8. The van der Waals surface area contributed by atoms with Crippen molar-refractivity contribution in [1.82, 2.24) is 10.2 Å². The minimum atomic E-state index is -0.228. The van der Waals surface area contributed by atoms with Gasteiger partial charge in [0.2, 0.25) is 0 Å². The molecule has 3 aromatic rings. The molecule has 0 fully saturated rings. The van der Waals surface area contributed by atoms with Crippen LogP contribution >= 0.6 is 0 Å². The number of hydrogen-bond donors (Lipinski definition) is 2. The summed E-state index contributed by atoms with van der Waals surface area (Å²) >= 11 is 0. The lowest BCUT2D eigenvalue weighted by Gasteiger charge is -2.24. The quantitative estimate of drug-likeness (QED) is 0.589. The van der Waals surface area contributed by atoms with Crippen molar-refractivity contribution in [2.75, 3.05) is 11.9 Å². The molecule has 2 heterocycles. The van der Waals surface area contributed by atoms with Gasteiger partial charge in [-0.25, -0.2) is 4.79 Å². The highest BCUT2D eigenvalue weighted by Gasteiger charge is 2.25. The molecule has 2 aliphatic heterocycles. The van der Waals surface area contributed by atoms with Gasteiger partial charge >= 0.3 is 6.03 Å². The smallest absolute Gasteiger partial charge is 0.316 e. The van der Waals surface area contributed by atoms with Crippen molar-refractivity contribution in [3.8, 4) is 0 Å². The lowest BCUT2D eigenvalue weighted by atomic mass is 9.91. The van der Waals surface area contributed by atoms with Crippen LogP contribution in [0.25, 0.3) is 5.57 Å². The first-order valence-electron chi connectivity index (χ1n) is 10.9. The molecule has 1 atom stereocenters. The molecule has 2 N–H and O–H groups in total. The van der Waals surface area contributed by atoms with E-state index in [-0.39, 0.29) is 17.9 Å². The summed E-state index contributed by atoms with van der Waals surface area (Å²) in [6.07, 6.45) is 2.77. The van der Waals surface area contributed by atoms with Gasteiger partial charge in [-0.2, -0.15) is 0 Å². The number of carbonyl (C=O) groups is 2. The highest BCUT2D eigenvalue weighted by molar-refractivity contribution is 6.01. The van der Waals surface area contributed by atoms with E-state index < -0.39 is 0 Å². The maximum atomic E-state index is 12.8. The average Bonchev–Trinajstić information content (AvgIpc) is 3.29. The summed E-state index contributed by atoms with van der Waals surface area (Å²) in [5.41, 5.74) is 6.12. The fraction of sp³-hybridized carbons (Fsp3) is 0.185. The van der Waals surface area contributed by atoms with E-state index in [4.69, 9.17) is 0 Å². The Hall–Kier alpha value is -3.70. The Morgan fingerprint density at radius 1 is 0.844 bits per heavy atom. The Balaban J connectivity index is 1.22. The number of Topliss-reactive ketones (excluding diaryl/α,β-unsaturated/α-hetero) is 1. The number of carbonyl (C=O) groups excluding carboxylic acids is 2. The second kappa shape index (κ2) is 8.81.